The number of morpholine rings is 1. The van der Waals surface area contributed by atoms with Gasteiger partial charge in [-0.25, -0.2) is 4.98 Å². The molecule has 1 aliphatic heterocycles. The van der Waals surface area contributed by atoms with E-state index in [0.717, 1.165) is 11.5 Å². The zero-order chi connectivity index (χ0) is 18.3. The number of benzene rings is 1. The Morgan fingerprint density at radius 2 is 2.12 bits per heavy atom. The number of hydrogen-bond donors (Lipinski definition) is 0. The Morgan fingerprint density at radius 1 is 1.31 bits per heavy atom. The van der Waals surface area contributed by atoms with Gasteiger partial charge in [0, 0.05) is 25.9 Å². The van der Waals surface area contributed by atoms with Crippen LogP contribution >= 0.6 is 0 Å². The largest absolute Gasteiger partial charge is 0.451 e. The second kappa shape index (κ2) is 6.42. The van der Waals surface area contributed by atoms with Gasteiger partial charge in [0.15, 0.2) is 11.2 Å². The summed E-state index contributed by atoms with van der Waals surface area (Å²) in [5, 5.41) is 0.465. The summed E-state index contributed by atoms with van der Waals surface area (Å²) in [5.41, 5.74) is 1.09. The number of aromatic nitrogens is 2. The highest BCUT2D eigenvalue weighted by Gasteiger charge is 2.30. The third kappa shape index (κ3) is 2.90. The predicted octanol–water partition coefficient (Wildman–Crippen LogP) is 2.05. The quantitative estimate of drug-likeness (QED) is 0.705. The van der Waals surface area contributed by atoms with Crippen molar-refractivity contribution in [2.45, 2.75) is 13.0 Å². The lowest BCUT2D eigenvalue weighted by atomic mass is 10.2. The van der Waals surface area contributed by atoms with Crippen molar-refractivity contribution >= 4 is 16.9 Å². The first-order valence-electron chi connectivity index (χ1n) is 8.46. The van der Waals surface area contributed by atoms with Crippen molar-refractivity contribution in [3.63, 3.8) is 0 Å². The van der Waals surface area contributed by atoms with E-state index in [2.05, 4.69) is 4.98 Å². The first-order chi connectivity index (χ1) is 12.5. The molecule has 26 heavy (non-hydrogen) atoms. The fourth-order valence-corrected chi connectivity index (χ4v) is 3.29. The summed E-state index contributed by atoms with van der Waals surface area (Å²) >= 11 is 0. The van der Waals surface area contributed by atoms with E-state index in [4.69, 9.17) is 9.15 Å². The molecular weight excluding hydrogens is 334 g/mol. The van der Waals surface area contributed by atoms with Crippen LogP contribution in [0.2, 0.25) is 0 Å². The number of aryl methyl sites for hydroxylation is 2. The molecule has 0 bridgehead atoms. The molecule has 0 radical (unpaired) electrons. The molecule has 1 aromatic carbocycles. The molecule has 0 N–H and O–H groups in total. The van der Waals surface area contributed by atoms with Crippen molar-refractivity contribution in [1.82, 2.24) is 14.5 Å². The molecule has 1 fully saturated rings. The molecule has 3 heterocycles. The van der Waals surface area contributed by atoms with Crippen molar-refractivity contribution in [3.8, 4) is 0 Å². The normalized spacial score (nSPS) is 17.6. The van der Waals surface area contributed by atoms with E-state index >= 15 is 0 Å². The van der Waals surface area contributed by atoms with Crippen molar-refractivity contribution in [2.75, 3.05) is 19.7 Å². The Bertz CT molecular complexity index is 1040. The zero-order valence-electron chi connectivity index (χ0n) is 14.6. The van der Waals surface area contributed by atoms with E-state index in [1.165, 1.54) is 6.07 Å². The lowest BCUT2D eigenvalue weighted by molar-refractivity contribution is -0.0288. The van der Waals surface area contributed by atoms with Crippen molar-refractivity contribution in [1.29, 1.82) is 0 Å². The highest BCUT2D eigenvalue weighted by molar-refractivity contribution is 5.93. The van der Waals surface area contributed by atoms with Crippen LogP contribution in [0.3, 0.4) is 0 Å². The van der Waals surface area contributed by atoms with Gasteiger partial charge in [0.25, 0.3) is 5.91 Å². The maximum Gasteiger partial charge on any atom is 0.289 e. The second-order valence-electron chi connectivity index (χ2n) is 6.43. The smallest absolute Gasteiger partial charge is 0.289 e. The Labute approximate surface area is 149 Å². The Kier molecular flexibility index (Phi) is 4.08. The molecule has 4 rings (SSSR count). The minimum atomic E-state index is -0.313. The summed E-state index contributed by atoms with van der Waals surface area (Å²) in [6.45, 7) is 3.12. The SMILES string of the molecule is Cc1cn(C)c([C@@H]2CN(C(=O)c3cc(=O)c4ccccc4o3)CCO2)n1. The molecule has 3 aromatic rings. The van der Waals surface area contributed by atoms with Gasteiger partial charge in [-0.2, -0.15) is 0 Å². The van der Waals surface area contributed by atoms with Crippen LogP contribution in [0.1, 0.15) is 28.2 Å². The van der Waals surface area contributed by atoms with Crippen LogP contribution in [0.4, 0.5) is 0 Å². The maximum atomic E-state index is 12.9. The minimum Gasteiger partial charge on any atom is -0.451 e. The van der Waals surface area contributed by atoms with E-state index in [1.807, 2.05) is 24.7 Å². The number of carbonyl (C=O) groups excluding carboxylic acids is 1. The van der Waals surface area contributed by atoms with Crippen molar-refractivity contribution < 1.29 is 13.9 Å². The molecule has 1 amide bonds. The number of imidazole rings is 1. The van der Waals surface area contributed by atoms with Gasteiger partial charge < -0.3 is 18.6 Å². The van der Waals surface area contributed by atoms with Gasteiger partial charge in [-0.3, -0.25) is 9.59 Å². The average molecular weight is 353 g/mol. The van der Waals surface area contributed by atoms with Gasteiger partial charge in [0.1, 0.15) is 17.5 Å². The summed E-state index contributed by atoms with van der Waals surface area (Å²) < 4.78 is 13.4. The van der Waals surface area contributed by atoms with Crippen LogP contribution in [-0.4, -0.2) is 40.1 Å². The molecule has 1 saturated heterocycles. The Morgan fingerprint density at radius 3 is 2.88 bits per heavy atom. The van der Waals surface area contributed by atoms with Gasteiger partial charge in [-0.15, -0.1) is 0 Å². The number of amides is 1. The van der Waals surface area contributed by atoms with E-state index in [9.17, 15) is 9.59 Å². The Hall–Kier alpha value is -2.93. The fourth-order valence-electron chi connectivity index (χ4n) is 3.29. The zero-order valence-corrected chi connectivity index (χ0v) is 14.6. The molecule has 2 aromatic heterocycles. The number of para-hydroxylation sites is 1. The van der Waals surface area contributed by atoms with E-state index in [-0.39, 0.29) is 23.2 Å². The third-order valence-electron chi connectivity index (χ3n) is 4.52. The third-order valence-corrected chi connectivity index (χ3v) is 4.52. The topological polar surface area (TPSA) is 77.6 Å². The van der Waals surface area contributed by atoms with E-state index in [0.29, 0.717) is 30.7 Å². The number of ether oxygens (including phenoxy) is 1. The van der Waals surface area contributed by atoms with Gasteiger partial charge >= 0.3 is 0 Å². The van der Waals surface area contributed by atoms with Gasteiger partial charge in [-0.1, -0.05) is 12.1 Å². The van der Waals surface area contributed by atoms with Crippen LogP contribution in [0, 0.1) is 6.92 Å². The predicted molar refractivity (Wildman–Crippen MR) is 95.0 cm³/mol. The molecule has 0 spiro atoms. The van der Waals surface area contributed by atoms with Crippen LogP contribution in [0.15, 0.2) is 45.7 Å². The number of carbonyl (C=O) groups is 1. The lowest BCUT2D eigenvalue weighted by Crippen LogP contribution is -2.43. The first kappa shape index (κ1) is 16.5. The molecule has 0 unspecified atom stereocenters. The average Bonchev–Trinajstić information content (AvgIpc) is 2.99. The molecule has 7 nitrogen and oxygen atoms in total. The maximum absolute atomic E-state index is 12.9. The fraction of sp³-hybridized carbons (Fsp3) is 0.316. The van der Waals surface area contributed by atoms with Crippen LogP contribution in [0.5, 0.6) is 0 Å². The molecule has 0 saturated carbocycles. The monoisotopic (exact) mass is 353 g/mol. The highest BCUT2D eigenvalue weighted by atomic mass is 16.5. The number of rotatable bonds is 2. The van der Waals surface area contributed by atoms with Gasteiger partial charge in [0.2, 0.25) is 0 Å². The van der Waals surface area contributed by atoms with E-state index < -0.39 is 0 Å². The molecular formula is C19H19N3O4. The Balaban J connectivity index is 1.62. The molecule has 0 aliphatic carbocycles. The van der Waals surface area contributed by atoms with Crippen molar-refractivity contribution in [2.24, 2.45) is 7.05 Å². The molecule has 1 atom stereocenters. The lowest BCUT2D eigenvalue weighted by Gasteiger charge is -2.32. The van der Waals surface area contributed by atoms with Gasteiger partial charge in [0.05, 0.1) is 24.2 Å². The highest BCUT2D eigenvalue weighted by Crippen LogP contribution is 2.23. The number of fused-ring (bicyclic) bond motifs is 1. The standard InChI is InChI=1S/C19H19N3O4/c1-12-10-21(2)18(20-12)17-11-22(7-8-25-17)19(24)16-9-14(23)13-5-3-4-6-15(13)26-16/h3-6,9-10,17H,7-8,11H2,1-2H3/t17-/m0/s1. The summed E-state index contributed by atoms with van der Waals surface area (Å²) in [7, 11) is 1.90. The summed E-state index contributed by atoms with van der Waals surface area (Å²) in [5.74, 6) is 0.511. The summed E-state index contributed by atoms with van der Waals surface area (Å²) in [6, 6.07) is 8.17. The van der Waals surface area contributed by atoms with Crippen LogP contribution in [0.25, 0.3) is 11.0 Å². The molecule has 1 aliphatic rings. The van der Waals surface area contributed by atoms with Crippen molar-refractivity contribution in [3.05, 3.63) is 64.0 Å². The van der Waals surface area contributed by atoms with E-state index in [1.54, 1.807) is 29.2 Å². The summed E-state index contributed by atoms with van der Waals surface area (Å²) in [6.07, 6.45) is 1.61. The first-order valence-corrected chi connectivity index (χ1v) is 8.46. The van der Waals surface area contributed by atoms with Crippen LogP contribution < -0.4 is 5.43 Å². The van der Waals surface area contributed by atoms with Gasteiger partial charge in [-0.05, 0) is 19.1 Å². The number of hydrogen-bond acceptors (Lipinski definition) is 5. The van der Waals surface area contributed by atoms with Crippen LogP contribution in [-0.2, 0) is 11.8 Å². The molecule has 7 heteroatoms. The minimum absolute atomic E-state index is 0.0466. The second-order valence-corrected chi connectivity index (χ2v) is 6.43. The molecule has 134 valence electrons. The summed E-state index contributed by atoms with van der Waals surface area (Å²) in [4.78, 5) is 31.3. The number of nitrogens with zero attached hydrogens (tertiary/aromatic N) is 3.